The number of benzene rings is 1. The summed E-state index contributed by atoms with van der Waals surface area (Å²) in [4.78, 5) is 11.9. The number of hydrogen-bond acceptors (Lipinski definition) is 5. The predicted octanol–water partition coefficient (Wildman–Crippen LogP) is 2.91. The Morgan fingerprint density at radius 1 is 1.42 bits per heavy atom. The van der Waals surface area contributed by atoms with E-state index in [0.717, 1.165) is 5.01 Å². The van der Waals surface area contributed by atoms with Gasteiger partial charge in [0.25, 0.3) is 5.91 Å². The number of hydrogen-bond donors (Lipinski definition) is 1. The molecule has 5 nitrogen and oxygen atoms in total. The van der Waals surface area contributed by atoms with Crippen molar-refractivity contribution in [1.29, 1.82) is 0 Å². The number of ether oxygens (including phenoxy) is 1. The number of carbonyl (C=O) groups is 1. The summed E-state index contributed by atoms with van der Waals surface area (Å²) in [5.41, 5.74) is 0. The van der Waals surface area contributed by atoms with Crippen LogP contribution in [0.1, 0.15) is 11.9 Å². The molecule has 0 radical (unpaired) electrons. The normalized spacial score (nSPS) is 11.9. The molecule has 2 rings (SSSR count). The Morgan fingerprint density at radius 2 is 2.16 bits per heavy atom. The molecule has 0 saturated carbocycles. The second-order valence-electron chi connectivity index (χ2n) is 3.81. The summed E-state index contributed by atoms with van der Waals surface area (Å²) in [7, 11) is 0. The molecule has 0 bridgehead atoms. The summed E-state index contributed by atoms with van der Waals surface area (Å²) in [5.74, 6) is 0.177. The van der Waals surface area contributed by atoms with Crippen LogP contribution in [-0.4, -0.2) is 22.2 Å². The van der Waals surface area contributed by atoms with Crippen LogP contribution in [-0.2, 0) is 4.79 Å². The highest BCUT2D eigenvalue weighted by Gasteiger charge is 2.17. The molecular weight excluding hydrogens is 286 g/mol. The lowest BCUT2D eigenvalue weighted by Crippen LogP contribution is -2.30. The number of aryl methyl sites for hydroxylation is 1. The van der Waals surface area contributed by atoms with Crippen LogP contribution >= 0.6 is 22.9 Å². The van der Waals surface area contributed by atoms with Crippen molar-refractivity contribution in [1.82, 2.24) is 10.2 Å². The van der Waals surface area contributed by atoms with E-state index in [1.54, 1.807) is 31.2 Å². The van der Waals surface area contributed by atoms with Gasteiger partial charge in [-0.25, -0.2) is 0 Å². The maximum Gasteiger partial charge on any atom is 0.266 e. The molecule has 1 heterocycles. The quantitative estimate of drug-likeness (QED) is 0.942. The van der Waals surface area contributed by atoms with Crippen molar-refractivity contribution in [2.24, 2.45) is 0 Å². The van der Waals surface area contributed by atoms with E-state index in [9.17, 15) is 4.79 Å². The monoisotopic (exact) mass is 297 g/mol. The van der Waals surface area contributed by atoms with Crippen LogP contribution in [0.3, 0.4) is 0 Å². The highest BCUT2D eigenvalue weighted by molar-refractivity contribution is 7.15. The zero-order chi connectivity index (χ0) is 13.8. The van der Waals surface area contributed by atoms with Crippen LogP contribution in [0.25, 0.3) is 0 Å². The van der Waals surface area contributed by atoms with E-state index in [0.29, 0.717) is 15.9 Å². The molecule has 1 atom stereocenters. The standard InChI is InChI=1S/C12H12ClN3O2S/c1-7(18-10-6-4-3-5-9(10)13)11(17)14-12-16-15-8(2)19-12/h3-7H,1-2H3,(H,14,16,17)/t7-/m0/s1. The van der Waals surface area contributed by atoms with Crippen LogP contribution in [0.2, 0.25) is 5.02 Å². The van der Waals surface area contributed by atoms with Gasteiger partial charge in [-0.1, -0.05) is 35.1 Å². The first kappa shape index (κ1) is 13.8. The first-order chi connectivity index (χ1) is 9.06. The lowest BCUT2D eigenvalue weighted by Gasteiger charge is -2.14. The van der Waals surface area contributed by atoms with Gasteiger partial charge in [0.05, 0.1) is 5.02 Å². The zero-order valence-corrected chi connectivity index (χ0v) is 12.0. The van der Waals surface area contributed by atoms with Gasteiger partial charge < -0.3 is 4.74 Å². The van der Waals surface area contributed by atoms with Crippen molar-refractivity contribution in [3.05, 3.63) is 34.3 Å². The van der Waals surface area contributed by atoms with E-state index in [1.165, 1.54) is 11.3 Å². The number of amides is 1. The van der Waals surface area contributed by atoms with E-state index >= 15 is 0 Å². The smallest absolute Gasteiger partial charge is 0.266 e. The number of anilines is 1. The largest absolute Gasteiger partial charge is 0.479 e. The van der Waals surface area contributed by atoms with Gasteiger partial charge in [-0.2, -0.15) is 0 Å². The van der Waals surface area contributed by atoms with Crippen molar-refractivity contribution in [2.75, 3.05) is 5.32 Å². The third-order valence-corrected chi connectivity index (χ3v) is 3.33. The molecule has 100 valence electrons. The SMILES string of the molecule is Cc1nnc(NC(=O)[C@H](C)Oc2ccccc2Cl)s1. The van der Waals surface area contributed by atoms with Gasteiger partial charge in [-0.15, -0.1) is 10.2 Å². The van der Waals surface area contributed by atoms with Gasteiger partial charge in [0.1, 0.15) is 10.8 Å². The Hall–Kier alpha value is -1.66. The second kappa shape index (κ2) is 5.99. The number of nitrogens with one attached hydrogen (secondary N) is 1. The number of carbonyl (C=O) groups excluding carboxylic acids is 1. The van der Waals surface area contributed by atoms with E-state index in [1.807, 2.05) is 6.92 Å². The maximum atomic E-state index is 11.9. The number of rotatable bonds is 4. The van der Waals surface area contributed by atoms with Gasteiger partial charge in [0.2, 0.25) is 5.13 Å². The molecule has 2 aromatic rings. The summed E-state index contributed by atoms with van der Waals surface area (Å²) in [5, 5.41) is 12.0. The summed E-state index contributed by atoms with van der Waals surface area (Å²) in [6, 6.07) is 7.00. The topological polar surface area (TPSA) is 64.1 Å². The third kappa shape index (κ3) is 3.65. The fourth-order valence-corrected chi connectivity index (χ4v) is 2.11. The molecule has 1 N–H and O–H groups in total. The van der Waals surface area contributed by atoms with Gasteiger partial charge in [-0.05, 0) is 26.0 Å². The van der Waals surface area contributed by atoms with Gasteiger partial charge in [0.15, 0.2) is 6.10 Å². The molecular formula is C12H12ClN3O2S. The minimum absolute atomic E-state index is 0.295. The van der Waals surface area contributed by atoms with Gasteiger partial charge in [-0.3, -0.25) is 10.1 Å². The Labute approximate surface area is 119 Å². The number of aromatic nitrogens is 2. The van der Waals surface area contributed by atoms with Crippen LogP contribution < -0.4 is 10.1 Å². The maximum absolute atomic E-state index is 11.9. The first-order valence-corrected chi connectivity index (χ1v) is 6.78. The molecule has 7 heteroatoms. The Balaban J connectivity index is 1.98. The number of nitrogens with zero attached hydrogens (tertiary/aromatic N) is 2. The Kier molecular flexibility index (Phi) is 4.34. The number of halogens is 1. The Morgan fingerprint density at radius 3 is 2.79 bits per heavy atom. The highest BCUT2D eigenvalue weighted by atomic mass is 35.5. The molecule has 1 aromatic heterocycles. The second-order valence-corrected chi connectivity index (χ2v) is 5.39. The van der Waals surface area contributed by atoms with E-state index < -0.39 is 6.10 Å². The average Bonchev–Trinajstić information content (AvgIpc) is 2.77. The molecule has 1 aromatic carbocycles. The third-order valence-electron chi connectivity index (χ3n) is 2.27. The first-order valence-electron chi connectivity index (χ1n) is 5.58. The molecule has 0 spiro atoms. The molecule has 0 unspecified atom stereocenters. The summed E-state index contributed by atoms with van der Waals surface area (Å²) < 4.78 is 5.50. The average molecular weight is 298 g/mol. The van der Waals surface area contributed by atoms with Gasteiger partial charge >= 0.3 is 0 Å². The highest BCUT2D eigenvalue weighted by Crippen LogP contribution is 2.24. The van der Waals surface area contributed by atoms with Crippen molar-refractivity contribution >= 4 is 34.0 Å². The van der Waals surface area contributed by atoms with E-state index in [-0.39, 0.29) is 5.91 Å². The molecule has 0 fully saturated rings. The predicted molar refractivity (Wildman–Crippen MR) is 74.8 cm³/mol. The molecule has 0 saturated heterocycles. The molecule has 19 heavy (non-hydrogen) atoms. The van der Waals surface area contributed by atoms with Crippen LogP contribution in [0.5, 0.6) is 5.75 Å². The fraction of sp³-hybridized carbons (Fsp3) is 0.250. The zero-order valence-electron chi connectivity index (χ0n) is 10.4. The minimum Gasteiger partial charge on any atom is -0.479 e. The lowest BCUT2D eigenvalue weighted by atomic mass is 10.3. The van der Waals surface area contributed by atoms with Crippen molar-refractivity contribution < 1.29 is 9.53 Å². The van der Waals surface area contributed by atoms with Crippen molar-refractivity contribution in [3.8, 4) is 5.75 Å². The molecule has 0 aliphatic rings. The van der Waals surface area contributed by atoms with E-state index in [2.05, 4.69) is 15.5 Å². The molecule has 1 amide bonds. The summed E-state index contributed by atoms with van der Waals surface area (Å²) in [6.07, 6.45) is -0.677. The molecule has 0 aliphatic heterocycles. The molecule has 0 aliphatic carbocycles. The van der Waals surface area contributed by atoms with E-state index in [4.69, 9.17) is 16.3 Å². The van der Waals surface area contributed by atoms with Crippen LogP contribution in [0.4, 0.5) is 5.13 Å². The Bertz CT molecular complexity index is 588. The van der Waals surface area contributed by atoms with Crippen molar-refractivity contribution in [3.63, 3.8) is 0 Å². The summed E-state index contributed by atoms with van der Waals surface area (Å²) in [6.45, 7) is 3.46. The van der Waals surface area contributed by atoms with Gasteiger partial charge in [0, 0.05) is 0 Å². The lowest BCUT2D eigenvalue weighted by molar-refractivity contribution is -0.122. The minimum atomic E-state index is -0.677. The van der Waals surface area contributed by atoms with Crippen molar-refractivity contribution in [2.45, 2.75) is 20.0 Å². The summed E-state index contributed by atoms with van der Waals surface area (Å²) >= 11 is 7.27. The van der Waals surface area contributed by atoms with Crippen LogP contribution in [0, 0.1) is 6.92 Å². The van der Waals surface area contributed by atoms with Crippen LogP contribution in [0.15, 0.2) is 24.3 Å². The fourth-order valence-electron chi connectivity index (χ4n) is 1.34. The number of para-hydroxylation sites is 1.